The number of hydrogen-bond donors (Lipinski definition) is 0. The van der Waals surface area contributed by atoms with E-state index in [4.69, 9.17) is 0 Å². The van der Waals surface area contributed by atoms with Crippen LogP contribution in [0.4, 0.5) is 11.4 Å². The minimum absolute atomic E-state index is 0.0751. The lowest BCUT2D eigenvalue weighted by Crippen LogP contribution is -2.30. The molecule has 0 radical (unpaired) electrons. The highest BCUT2D eigenvalue weighted by Crippen LogP contribution is 2.49. The first-order chi connectivity index (χ1) is 17.8. The van der Waals surface area contributed by atoms with E-state index in [0.717, 1.165) is 6.42 Å². The molecule has 184 valence electrons. The Morgan fingerprint density at radius 2 is 1.57 bits per heavy atom. The number of fused-ring (bicyclic) bond motifs is 5. The normalized spacial score (nSPS) is 21.4. The van der Waals surface area contributed by atoms with Gasteiger partial charge in [0, 0.05) is 41.6 Å². The van der Waals surface area contributed by atoms with E-state index in [9.17, 15) is 0 Å². The standard InChI is InChI=1S/C35H35N2/c1-7-21-35(4)32(36(5)29-20-19-24-13-10-11-16-27(24)33(29)35)18-12-17-31-34(2,3)28-22-25-14-8-9-15-26(25)23-30(28)37(31)6/h7-20,22-23H,1,21H2,2-6H3/q+1. The Hall–Kier alpha value is -3.91. The van der Waals surface area contributed by atoms with Gasteiger partial charge in [-0.05, 0) is 64.7 Å². The first-order valence-electron chi connectivity index (χ1n) is 13.2. The fourth-order valence-corrected chi connectivity index (χ4v) is 6.78. The van der Waals surface area contributed by atoms with Crippen LogP contribution in [0.15, 0.2) is 109 Å². The zero-order valence-corrected chi connectivity index (χ0v) is 22.5. The van der Waals surface area contributed by atoms with Gasteiger partial charge in [0.25, 0.3) is 0 Å². The van der Waals surface area contributed by atoms with Crippen LogP contribution in [0.3, 0.4) is 0 Å². The molecule has 0 bridgehead atoms. The summed E-state index contributed by atoms with van der Waals surface area (Å²) in [5.74, 6) is 0. The molecule has 37 heavy (non-hydrogen) atoms. The summed E-state index contributed by atoms with van der Waals surface area (Å²) in [5, 5.41) is 5.20. The van der Waals surface area contributed by atoms with Crippen molar-refractivity contribution in [2.24, 2.45) is 0 Å². The highest BCUT2D eigenvalue weighted by Gasteiger charge is 2.47. The highest BCUT2D eigenvalue weighted by molar-refractivity contribution is 6.08. The predicted octanol–water partition coefficient (Wildman–Crippen LogP) is 8.42. The van der Waals surface area contributed by atoms with Crippen LogP contribution in [0.1, 0.15) is 38.3 Å². The molecule has 6 rings (SSSR count). The maximum atomic E-state index is 4.13. The summed E-state index contributed by atoms with van der Waals surface area (Å²) in [6, 6.07) is 26.6. The van der Waals surface area contributed by atoms with Gasteiger partial charge >= 0.3 is 0 Å². The summed E-state index contributed by atoms with van der Waals surface area (Å²) < 4.78 is 2.37. The van der Waals surface area contributed by atoms with Crippen LogP contribution in [-0.4, -0.2) is 24.4 Å². The lowest BCUT2D eigenvalue weighted by atomic mass is 9.74. The van der Waals surface area contributed by atoms with Gasteiger partial charge in [-0.25, -0.2) is 0 Å². The molecule has 1 unspecified atom stereocenters. The van der Waals surface area contributed by atoms with E-state index in [-0.39, 0.29) is 10.8 Å². The summed E-state index contributed by atoms with van der Waals surface area (Å²) >= 11 is 0. The lowest BCUT2D eigenvalue weighted by molar-refractivity contribution is -0.401. The SMILES string of the molecule is C=CCC1(C)C(/C=C/C=C2/N(C)c3cc4ccccc4cc3C2(C)C)=[N+](C)c2ccc3ccccc3c21. The van der Waals surface area contributed by atoms with Crippen molar-refractivity contribution < 1.29 is 4.58 Å². The largest absolute Gasteiger partial charge is 0.347 e. The third-order valence-electron chi connectivity index (χ3n) is 8.71. The van der Waals surface area contributed by atoms with Gasteiger partial charge < -0.3 is 4.90 Å². The van der Waals surface area contributed by atoms with Crippen LogP contribution < -0.4 is 4.90 Å². The third-order valence-corrected chi connectivity index (χ3v) is 8.71. The van der Waals surface area contributed by atoms with Gasteiger partial charge in [0.1, 0.15) is 7.05 Å². The van der Waals surface area contributed by atoms with Crippen LogP contribution >= 0.6 is 0 Å². The van der Waals surface area contributed by atoms with E-state index in [2.05, 4.69) is 148 Å². The number of likely N-dealkylation sites (N-methyl/N-ethyl adjacent to an activating group) is 1. The van der Waals surface area contributed by atoms with E-state index in [1.54, 1.807) is 0 Å². The van der Waals surface area contributed by atoms with Crippen molar-refractivity contribution in [3.05, 3.63) is 121 Å². The molecule has 1 atom stereocenters. The molecule has 2 heterocycles. The second-order valence-electron chi connectivity index (χ2n) is 11.3. The van der Waals surface area contributed by atoms with Crippen molar-refractivity contribution in [3.8, 4) is 0 Å². The molecule has 2 aliphatic heterocycles. The molecule has 0 spiro atoms. The number of benzene rings is 4. The van der Waals surface area contributed by atoms with E-state index < -0.39 is 0 Å². The van der Waals surface area contributed by atoms with Crippen LogP contribution in [0.5, 0.6) is 0 Å². The van der Waals surface area contributed by atoms with Gasteiger partial charge in [-0.2, -0.15) is 4.58 Å². The van der Waals surface area contributed by atoms with E-state index in [1.165, 1.54) is 55.5 Å². The smallest absolute Gasteiger partial charge is 0.210 e. The van der Waals surface area contributed by atoms with Gasteiger partial charge in [-0.15, -0.1) is 6.58 Å². The van der Waals surface area contributed by atoms with Crippen molar-refractivity contribution in [2.75, 3.05) is 19.0 Å². The van der Waals surface area contributed by atoms with Gasteiger partial charge in [0.2, 0.25) is 5.69 Å². The average molecular weight is 484 g/mol. The first kappa shape index (κ1) is 23.5. The summed E-state index contributed by atoms with van der Waals surface area (Å²) in [6.45, 7) is 11.2. The molecule has 2 nitrogen and oxygen atoms in total. The van der Waals surface area contributed by atoms with Crippen molar-refractivity contribution in [2.45, 2.75) is 38.0 Å². The predicted molar refractivity (Wildman–Crippen MR) is 160 cm³/mol. The minimum atomic E-state index is -0.139. The summed E-state index contributed by atoms with van der Waals surface area (Å²) in [6.07, 6.45) is 9.82. The molecular formula is C35H35N2+. The highest BCUT2D eigenvalue weighted by atomic mass is 15.2. The van der Waals surface area contributed by atoms with Gasteiger partial charge in [0.15, 0.2) is 5.71 Å². The summed E-state index contributed by atoms with van der Waals surface area (Å²) in [5.41, 5.74) is 7.76. The van der Waals surface area contributed by atoms with Crippen molar-refractivity contribution >= 4 is 38.6 Å². The quantitative estimate of drug-likeness (QED) is 0.209. The Morgan fingerprint density at radius 1 is 0.892 bits per heavy atom. The van der Waals surface area contributed by atoms with Crippen molar-refractivity contribution in [1.82, 2.24) is 0 Å². The Bertz CT molecular complexity index is 1680. The van der Waals surface area contributed by atoms with Crippen LogP contribution in [0.2, 0.25) is 0 Å². The Kier molecular flexibility index (Phi) is 5.28. The Balaban J connectivity index is 1.43. The Morgan fingerprint density at radius 3 is 2.30 bits per heavy atom. The number of nitrogens with zero attached hydrogens (tertiary/aromatic N) is 2. The molecular weight excluding hydrogens is 448 g/mol. The van der Waals surface area contributed by atoms with E-state index >= 15 is 0 Å². The third kappa shape index (κ3) is 3.35. The van der Waals surface area contributed by atoms with Gasteiger partial charge in [-0.3, -0.25) is 0 Å². The molecule has 0 aromatic heterocycles. The van der Waals surface area contributed by atoms with Crippen molar-refractivity contribution in [1.29, 1.82) is 0 Å². The maximum Gasteiger partial charge on any atom is 0.210 e. The fraction of sp³-hybridized carbons (Fsp3) is 0.229. The molecule has 0 amide bonds. The van der Waals surface area contributed by atoms with Gasteiger partial charge in [0.05, 0.1) is 5.41 Å². The fourth-order valence-electron chi connectivity index (χ4n) is 6.78. The van der Waals surface area contributed by atoms with Crippen molar-refractivity contribution in [3.63, 3.8) is 0 Å². The molecule has 2 aliphatic rings. The molecule has 2 heteroatoms. The summed E-state index contributed by atoms with van der Waals surface area (Å²) in [4.78, 5) is 2.36. The zero-order valence-electron chi connectivity index (χ0n) is 22.5. The number of anilines is 1. The second kappa shape index (κ2) is 8.31. The molecule has 0 aliphatic carbocycles. The number of rotatable bonds is 4. The van der Waals surface area contributed by atoms with E-state index in [0.29, 0.717) is 0 Å². The van der Waals surface area contributed by atoms with Crippen LogP contribution in [0.25, 0.3) is 21.5 Å². The molecule has 0 fully saturated rings. The number of hydrogen-bond acceptors (Lipinski definition) is 1. The zero-order chi connectivity index (χ0) is 25.9. The topological polar surface area (TPSA) is 6.25 Å². The Labute approximate surface area is 220 Å². The molecule has 0 N–H and O–H groups in total. The molecule has 4 aromatic rings. The first-order valence-corrected chi connectivity index (χ1v) is 13.2. The number of allylic oxidation sites excluding steroid dienone is 5. The maximum absolute atomic E-state index is 4.13. The summed E-state index contributed by atoms with van der Waals surface area (Å²) in [7, 11) is 4.39. The second-order valence-corrected chi connectivity index (χ2v) is 11.3. The molecule has 0 saturated heterocycles. The molecule has 0 saturated carbocycles. The van der Waals surface area contributed by atoms with Gasteiger partial charge in [-0.1, -0.05) is 74.5 Å². The van der Waals surface area contributed by atoms with Crippen LogP contribution in [-0.2, 0) is 10.8 Å². The van der Waals surface area contributed by atoms with E-state index in [1.807, 2.05) is 0 Å². The van der Waals surface area contributed by atoms with Crippen LogP contribution in [0, 0.1) is 0 Å². The average Bonchev–Trinajstić information content (AvgIpc) is 3.22. The monoisotopic (exact) mass is 483 g/mol. The minimum Gasteiger partial charge on any atom is -0.347 e. The lowest BCUT2D eigenvalue weighted by Gasteiger charge is -2.24. The molecule has 4 aromatic carbocycles.